The fraction of sp³-hybridized carbons (Fsp3) is 0.714. The molecule has 31 heavy (non-hydrogen) atoms. The van der Waals surface area contributed by atoms with Gasteiger partial charge in [0.1, 0.15) is 0 Å². The minimum Gasteiger partial charge on any atom is -0.483 e. The van der Waals surface area contributed by atoms with Crippen molar-refractivity contribution in [1.29, 1.82) is 0 Å². The Morgan fingerprint density at radius 1 is 1.13 bits per heavy atom. The molecule has 10 heteroatoms. The molecule has 0 spiro atoms. The Morgan fingerprint density at radius 3 is 2.29 bits per heavy atom. The van der Waals surface area contributed by atoms with E-state index in [1.165, 1.54) is 0 Å². The first-order valence-electron chi connectivity index (χ1n) is 10.9. The Bertz CT molecular complexity index is 713. The van der Waals surface area contributed by atoms with Gasteiger partial charge in [0, 0.05) is 57.7 Å². The summed E-state index contributed by atoms with van der Waals surface area (Å²) in [6, 6.07) is 2.04. The molecule has 2 N–H and O–H groups in total. The minimum atomic E-state index is -0.278. The van der Waals surface area contributed by atoms with Crippen LogP contribution >= 0.6 is 0 Å². The average molecular weight is 435 g/mol. The van der Waals surface area contributed by atoms with E-state index in [1.807, 2.05) is 25.1 Å². The summed E-state index contributed by atoms with van der Waals surface area (Å²) in [5.41, 5.74) is 0. The zero-order valence-electron chi connectivity index (χ0n) is 18.4. The third kappa shape index (κ3) is 5.90. The van der Waals surface area contributed by atoms with Gasteiger partial charge in [0.05, 0.1) is 12.6 Å². The summed E-state index contributed by atoms with van der Waals surface area (Å²) >= 11 is 0. The Hall–Kier alpha value is -2.30. The third-order valence-electron chi connectivity index (χ3n) is 6.69. The van der Waals surface area contributed by atoms with E-state index in [1.54, 1.807) is 12.4 Å². The minimum absolute atomic E-state index is 0.213. The van der Waals surface area contributed by atoms with Gasteiger partial charge in [-0.15, -0.1) is 0 Å². The number of piperazine rings is 1. The molecule has 2 saturated heterocycles. The Labute approximate surface area is 183 Å². The molecule has 1 aromatic heterocycles. The lowest BCUT2D eigenvalue weighted by Gasteiger charge is -2.38. The van der Waals surface area contributed by atoms with Crippen molar-refractivity contribution >= 4 is 18.3 Å². The van der Waals surface area contributed by atoms with Crippen LogP contribution < -0.4 is 4.90 Å². The van der Waals surface area contributed by atoms with Crippen molar-refractivity contribution in [2.75, 3.05) is 64.8 Å². The third-order valence-corrected chi connectivity index (χ3v) is 6.69. The number of rotatable bonds is 4. The molecule has 10 nitrogen and oxygen atoms in total. The van der Waals surface area contributed by atoms with E-state index in [0.717, 1.165) is 58.1 Å². The fourth-order valence-electron chi connectivity index (χ4n) is 5.02. The number of hydrogen-bond acceptors (Lipinski definition) is 8. The number of fused-ring (bicyclic) bond motifs is 1. The van der Waals surface area contributed by atoms with Gasteiger partial charge in [0.15, 0.2) is 0 Å². The van der Waals surface area contributed by atoms with Gasteiger partial charge in [-0.05, 0) is 44.8 Å². The van der Waals surface area contributed by atoms with E-state index in [0.29, 0.717) is 18.4 Å². The fourth-order valence-corrected chi connectivity index (χ4v) is 5.02. The van der Waals surface area contributed by atoms with Crippen LogP contribution in [-0.4, -0.2) is 119 Å². The number of hydrogen-bond donors (Lipinski definition) is 2. The predicted molar refractivity (Wildman–Crippen MR) is 116 cm³/mol. The van der Waals surface area contributed by atoms with Gasteiger partial charge < -0.3 is 24.9 Å². The van der Waals surface area contributed by atoms with Gasteiger partial charge in [0.25, 0.3) is 6.47 Å². The number of anilines is 1. The van der Waals surface area contributed by atoms with Crippen LogP contribution in [0.25, 0.3) is 0 Å². The van der Waals surface area contributed by atoms with Crippen LogP contribution in [0.3, 0.4) is 0 Å². The first-order chi connectivity index (χ1) is 14.9. The van der Waals surface area contributed by atoms with Crippen molar-refractivity contribution in [3.8, 4) is 0 Å². The zero-order valence-corrected chi connectivity index (χ0v) is 18.4. The lowest BCUT2D eigenvalue weighted by molar-refractivity contribution is -0.131. The predicted octanol–water partition coefficient (Wildman–Crippen LogP) is -0.541. The normalized spacial score (nSPS) is 28.6. The first kappa shape index (κ1) is 23.4. The van der Waals surface area contributed by atoms with Gasteiger partial charge in [0.2, 0.25) is 11.9 Å². The van der Waals surface area contributed by atoms with Gasteiger partial charge >= 0.3 is 0 Å². The molecule has 3 fully saturated rings. The molecule has 1 saturated carbocycles. The van der Waals surface area contributed by atoms with Crippen LogP contribution in [0.4, 0.5) is 5.95 Å². The average Bonchev–Trinajstić information content (AvgIpc) is 3.18. The molecule has 3 heterocycles. The number of aromatic nitrogens is 2. The molecule has 0 aromatic carbocycles. The van der Waals surface area contributed by atoms with E-state index in [2.05, 4.69) is 24.7 Å². The Morgan fingerprint density at radius 2 is 1.71 bits per heavy atom. The highest BCUT2D eigenvalue weighted by atomic mass is 16.3. The highest BCUT2D eigenvalue weighted by molar-refractivity contribution is 5.78. The molecule has 172 valence electrons. The van der Waals surface area contributed by atoms with Crippen molar-refractivity contribution in [3.05, 3.63) is 18.5 Å². The second-order valence-electron chi connectivity index (χ2n) is 8.81. The number of nitrogens with zero attached hydrogens (tertiary/aromatic N) is 6. The molecule has 0 bridgehead atoms. The zero-order chi connectivity index (χ0) is 22.4. The van der Waals surface area contributed by atoms with Crippen molar-refractivity contribution in [1.82, 2.24) is 24.7 Å². The van der Waals surface area contributed by atoms with E-state index < -0.39 is 0 Å². The van der Waals surface area contributed by atoms with Crippen molar-refractivity contribution in [2.24, 2.45) is 11.8 Å². The highest BCUT2D eigenvalue weighted by Gasteiger charge is 2.43. The summed E-state index contributed by atoms with van der Waals surface area (Å²) in [5, 5.41) is 17.3. The molecule has 1 amide bonds. The maximum Gasteiger partial charge on any atom is 0.290 e. The van der Waals surface area contributed by atoms with Crippen LogP contribution in [0.15, 0.2) is 18.5 Å². The number of likely N-dealkylation sites (N-methyl/N-ethyl adjacent to an activating group) is 1. The number of carbonyl (C=O) groups excluding carboxylic acids is 1. The molecule has 0 radical (unpaired) electrons. The molecule has 3 aliphatic rings. The molecule has 4 atom stereocenters. The maximum atomic E-state index is 12.9. The largest absolute Gasteiger partial charge is 0.483 e. The Balaban J connectivity index is 0.000000858. The van der Waals surface area contributed by atoms with Gasteiger partial charge in [-0.3, -0.25) is 14.5 Å². The van der Waals surface area contributed by atoms with Crippen LogP contribution in [0.1, 0.15) is 12.8 Å². The number of aliphatic hydroxyl groups is 1. The second kappa shape index (κ2) is 10.8. The molecule has 0 unspecified atom stereocenters. The van der Waals surface area contributed by atoms with E-state index >= 15 is 0 Å². The number of carbonyl (C=O) groups is 2. The summed E-state index contributed by atoms with van der Waals surface area (Å²) in [6.45, 7) is 5.29. The summed E-state index contributed by atoms with van der Waals surface area (Å²) in [7, 11) is 4.07. The second-order valence-corrected chi connectivity index (χ2v) is 8.81. The number of carboxylic acid groups (broad SMARTS) is 1. The first-order valence-corrected chi connectivity index (χ1v) is 10.9. The van der Waals surface area contributed by atoms with E-state index in [-0.39, 0.29) is 24.5 Å². The topological polar surface area (TPSA) is 113 Å². The number of aliphatic hydroxyl groups excluding tert-OH is 1. The number of likely N-dealkylation sites (tertiary alicyclic amines) is 1. The molecular weight excluding hydrogens is 400 g/mol. The Kier molecular flexibility index (Phi) is 8.16. The summed E-state index contributed by atoms with van der Waals surface area (Å²) in [6.07, 6.45) is 5.05. The van der Waals surface area contributed by atoms with E-state index in [9.17, 15) is 9.90 Å². The van der Waals surface area contributed by atoms with Crippen LogP contribution in [0.2, 0.25) is 0 Å². The van der Waals surface area contributed by atoms with E-state index in [4.69, 9.17) is 9.90 Å². The number of amides is 1. The lowest BCUT2D eigenvalue weighted by Crippen LogP contribution is -2.50. The van der Waals surface area contributed by atoms with Gasteiger partial charge in [-0.1, -0.05) is 0 Å². The lowest BCUT2D eigenvalue weighted by atomic mass is 9.77. The smallest absolute Gasteiger partial charge is 0.290 e. The van der Waals surface area contributed by atoms with Crippen molar-refractivity contribution < 1.29 is 19.8 Å². The molecule has 2 aliphatic heterocycles. The molecule has 1 aromatic rings. The molecule has 4 rings (SSSR count). The van der Waals surface area contributed by atoms with Gasteiger partial charge in [-0.2, -0.15) is 0 Å². The quantitative estimate of drug-likeness (QED) is 0.603. The SMILES string of the molecule is CN(C)[C@@H]1C[C@@H]2CN(C(=O)CN3CCN(c4ncccn4)CC3)C[C@@H]2C[C@H]1O.O=CO. The van der Waals surface area contributed by atoms with Crippen molar-refractivity contribution in [3.63, 3.8) is 0 Å². The molecular formula is C21H34N6O4. The summed E-state index contributed by atoms with van der Waals surface area (Å²) in [4.78, 5) is 38.4. The standard InChI is InChI=1S/C20H32N6O2.CH2O2/c1-23(2)17-10-15-12-26(13-16(15)11-18(17)27)19(28)14-24-6-8-25(9-7-24)20-21-4-3-5-22-20;2-1-3/h3-5,15-18,27H,6-14H2,1-2H3;1H,(H,2,3)/t15-,16+,17-,18-;/m1./s1. The maximum absolute atomic E-state index is 12.9. The highest BCUT2D eigenvalue weighted by Crippen LogP contribution is 2.37. The molecule has 1 aliphatic carbocycles. The van der Waals surface area contributed by atoms with Crippen molar-refractivity contribution in [2.45, 2.75) is 25.0 Å². The van der Waals surface area contributed by atoms with Crippen LogP contribution in [0.5, 0.6) is 0 Å². The van der Waals surface area contributed by atoms with Crippen LogP contribution in [-0.2, 0) is 9.59 Å². The summed E-state index contributed by atoms with van der Waals surface area (Å²) in [5.74, 6) is 1.97. The van der Waals surface area contributed by atoms with Gasteiger partial charge in [-0.25, -0.2) is 9.97 Å². The monoisotopic (exact) mass is 434 g/mol. The summed E-state index contributed by atoms with van der Waals surface area (Å²) < 4.78 is 0. The van der Waals surface area contributed by atoms with Crippen LogP contribution in [0, 0.1) is 11.8 Å².